The summed E-state index contributed by atoms with van der Waals surface area (Å²) in [6, 6.07) is 15.1. The van der Waals surface area contributed by atoms with Gasteiger partial charge in [-0.1, -0.05) is 17.7 Å². The van der Waals surface area contributed by atoms with Crippen LogP contribution in [0.15, 0.2) is 65.3 Å². The molecule has 0 aliphatic rings. The van der Waals surface area contributed by atoms with E-state index in [1.165, 1.54) is 6.26 Å². The molecule has 2 N–H and O–H groups in total. The number of ether oxygens (including phenoxy) is 1. The molecule has 2 aromatic carbocycles. The van der Waals surface area contributed by atoms with Crippen LogP contribution in [-0.4, -0.2) is 17.9 Å². The SMILES string of the molecule is Cc1cc(Cl)ccc1O[C@H](C)C(=O)Nc1cccc(C(=O)Nc2ccco2)c1. The number of benzene rings is 2. The third-order valence-electron chi connectivity index (χ3n) is 3.96. The summed E-state index contributed by atoms with van der Waals surface area (Å²) >= 11 is 5.93. The number of hydrogen-bond donors (Lipinski definition) is 2. The zero-order chi connectivity index (χ0) is 20.1. The van der Waals surface area contributed by atoms with E-state index in [0.29, 0.717) is 27.9 Å². The number of halogens is 1. The number of carbonyl (C=O) groups is 2. The minimum absolute atomic E-state index is 0.335. The molecule has 28 heavy (non-hydrogen) atoms. The van der Waals surface area contributed by atoms with E-state index in [4.69, 9.17) is 20.8 Å². The highest BCUT2D eigenvalue weighted by Crippen LogP contribution is 2.23. The second-order valence-electron chi connectivity index (χ2n) is 6.17. The fraction of sp³-hybridized carbons (Fsp3) is 0.143. The van der Waals surface area contributed by atoms with Crippen LogP contribution in [0.4, 0.5) is 11.6 Å². The molecule has 0 unspecified atom stereocenters. The molecule has 6 nitrogen and oxygen atoms in total. The number of furan rings is 1. The maximum Gasteiger partial charge on any atom is 0.265 e. The van der Waals surface area contributed by atoms with Crippen molar-refractivity contribution in [3.63, 3.8) is 0 Å². The first-order chi connectivity index (χ1) is 13.4. The molecule has 3 aromatic rings. The van der Waals surface area contributed by atoms with Crippen LogP contribution in [-0.2, 0) is 4.79 Å². The van der Waals surface area contributed by atoms with Gasteiger partial charge in [-0.2, -0.15) is 0 Å². The predicted octanol–water partition coefficient (Wildman–Crippen LogP) is 4.90. The molecular formula is C21H19ClN2O4. The van der Waals surface area contributed by atoms with Crippen LogP contribution in [0.1, 0.15) is 22.8 Å². The van der Waals surface area contributed by atoms with Gasteiger partial charge in [-0.25, -0.2) is 0 Å². The van der Waals surface area contributed by atoms with E-state index in [0.717, 1.165) is 5.56 Å². The summed E-state index contributed by atoms with van der Waals surface area (Å²) in [7, 11) is 0. The Labute approximate surface area is 167 Å². The fourth-order valence-corrected chi connectivity index (χ4v) is 2.73. The molecule has 0 spiro atoms. The summed E-state index contributed by atoms with van der Waals surface area (Å²) in [6.45, 7) is 3.50. The molecule has 0 aliphatic carbocycles. The van der Waals surface area contributed by atoms with Crippen molar-refractivity contribution in [2.75, 3.05) is 10.6 Å². The van der Waals surface area contributed by atoms with E-state index < -0.39 is 6.10 Å². The molecule has 1 atom stereocenters. The van der Waals surface area contributed by atoms with Gasteiger partial charge in [0.1, 0.15) is 5.75 Å². The van der Waals surface area contributed by atoms with Gasteiger partial charge in [0, 0.05) is 22.3 Å². The van der Waals surface area contributed by atoms with Crippen LogP contribution in [0.2, 0.25) is 5.02 Å². The first-order valence-electron chi connectivity index (χ1n) is 8.61. The Balaban J connectivity index is 1.64. The Morgan fingerprint density at radius 3 is 2.61 bits per heavy atom. The maximum absolute atomic E-state index is 12.5. The van der Waals surface area contributed by atoms with Crippen LogP contribution in [0.5, 0.6) is 5.75 Å². The minimum atomic E-state index is -0.736. The molecule has 144 valence electrons. The van der Waals surface area contributed by atoms with Crippen molar-refractivity contribution in [3.8, 4) is 5.75 Å². The molecule has 1 heterocycles. The topological polar surface area (TPSA) is 80.6 Å². The number of carbonyl (C=O) groups excluding carboxylic acids is 2. The lowest BCUT2D eigenvalue weighted by molar-refractivity contribution is -0.122. The van der Waals surface area contributed by atoms with E-state index in [2.05, 4.69) is 10.6 Å². The van der Waals surface area contributed by atoms with E-state index in [1.807, 2.05) is 6.92 Å². The third kappa shape index (κ3) is 4.92. The molecule has 7 heteroatoms. The van der Waals surface area contributed by atoms with E-state index in [1.54, 1.807) is 61.5 Å². The third-order valence-corrected chi connectivity index (χ3v) is 4.20. The smallest absolute Gasteiger partial charge is 0.265 e. The second kappa shape index (κ2) is 8.63. The number of nitrogens with one attached hydrogen (secondary N) is 2. The average Bonchev–Trinajstić information content (AvgIpc) is 3.17. The average molecular weight is 399 g/mol. The highest BCUT2D eigenvalue weighted by Gasteiger charge is 2.17. The van der Waals surface area contributed by atoms with Gasteiger partial charge in [0.05, 0.1) is 6.26 Å². The van der Waals surface area contributed by atoms with E-state index in [9.17, 15) is 9.59 Å². The Bertz CT molecular complexity index is 986. The number of rotatable bonds is 6. The van der Waals surface area contributed by atoms with Gasteiger partial charge in [-0.3, -0.25) is 14.9 Å². The van der Waals surface area contributed by atoms with E-state index in [-0.39, 0.29) is 11.8 Å². The van der Waals surface area contributed by atoms with Crippen molar-refractivity contribution in [1.82, 2.24) is 0 Å². The largest absolute Gasteiger partial charge is 0.481 e. The van der Waals surface area contributed by atoms with Crippen LogP contribution in [0.3, 0.4) is 0 Å². The van der Waals surface area contributed by atoms with Gasteiger partial charge >= 0.3 is 0 Å². The Kier molecular flexibility index (Phi) is 6.01. The summed E-state index contributed by atoms with van der Waals surface area (Å²) in [6.07, 6.45) is 0.733. The summed E-state index contributed by atoms with van der Waals surface area (Å²) in [4.78, 5) is 24.7. The molecule has 3 rings (SSSR count). The van der Waals surface area contributed by atoms with Gasteiger partial charge < -0.3 is 14.5 Å². The van der Waals surface area contributed by atoms with Crippen LogP contribution < -0.4 is 15.4 Å². The summed E-state index contributed by atoms with van der Waals surface area (Å²) in [5.74, 6) is 0.253. The Morgan fingerprint density at radius 2 is 1.89 bits per heavy atom. The molecule has 0 saturated carbocycles. The lowest BCUT2D eigenvalue weighted by Crippen LogP contribution is -2.30. The monoisotopic (exact) mass is 398 g/mol. The molecular weight excluding hydrogens is 380 g/mol. The quantitative estimate of drug-likeness (QED) is 0.618. The maximum atomic E-state index is 12.5. The lowest BCUT2D eigenvalue weighted by atomic mass is 10.2. The normalized spacial score (nSPS) is 11.5. The summed E-state index contributed by atoms with van der Waals surface area (Å²) < 4.78 is 10.8. The van der Waals surface area contributed by atoms with Crippen LogP contribution >= 0.6 is 11.6 Å². The first kappa shape index (κ1) is 19.5. The first-order valence-corrected chi connectivity index (χ1v) is 8.99. The van der Waals surface area contributed by atoms with Crippen molar-refractivity contribution in [1.29, 1.82) is 0 Å². The lowest BCUT2D eigenvalue weighted by Gasteiger charge is -2.16. The molecule has 0 fully saturated rings. The number of aryl methyl sites for hydroxylation is 1. The van der Waals surface area contributed by atoms with Crippen molar-refractivity contribution in [2.45, 2.75) is 20.0 Å². The molecule has 1 aromatic heterocycles. The van der Waals surface area contributed by atoms with Crippen molar-refractivity contribution < 1.29 is 18.7 Å². The number of amides is 2. The molecule has 2 amide bonds. The zero-order valence-electron chi connectivity index (χ0n) is 15.4. The van der Waals surface area contributed by atoms with E-state index >= 15 is 0 Å². The summed E-state index contributed by atoms with van der Waals surface area (Å²) in [5.41, 5.74) is 1.71. The number of hydrogen-bond acceptors (Lipinski definition) is 4. The number of anilines is 2. The van der Waals surface area contributed by atoms with Crippen LogP contribution in [0.25, 0.3) is 0 Å². The van der Waals surface area contributed by atoms with Gasteiger partial charge in [-0.15, -0.1) is 0 Å². The highest BCUT2D eigenvalue weighted by molar-refractivity contribution is 6.30. The van der Waals surface area contributed by atoms with Gasteiger partial charge in [0.15, 0.2) is 12.0 Å². The van der Waals surface area contributed by atoms with Crippen molar-refractivity contribution in [2.24, 2.45) is 0 Å². The molecule has 0 radical (unpaired) electrons. The van der Waals surface area contributed by atoms with Gasteiger partial charge in [0.25, 0.3) is 11.8 Å². The molecule has 0 aliphatic heterocycles. The Morgan fingerprint density at radius 1 is 1.07 bits per heavy atom. The highest BCUT2D eigenvalue weighted by atomic mass is 35.5. The van der Waals surface area contributed by atoms with Gasteiger partial charge in [0.2, 0.25) is 0 Å². The van der Waals surface area contributed by atoms with Gasteiger partial charge in [-0.05, 0) is 61.9 Å². The fourth-order valence-electron chi connectivity index (χ4n) is 2.50. The van der Waals surface area contributed by atoms with Crippen molar-refractivity contribution in [3.05, 3.63) is 77.0 Å². The zero-order valence-corrected chi connectivity index (χ0v) is 16.1. The predicted molar refractivity (Wildman–Crippen MR) is 108 cm³/mol. The van der Waals surface area contributed by atoms with Crippen LogP contribution in [0, 0.1) is 6.92 Å². The summed E-state index contributed by atoms with van der Waals surface area (Å²) in [5, 5.41) is 5.99. The second-order valence-corrected chi connectivity index (χ2v) is 6.61. The standard InChI is InChI=1S/C21H19ClN2O4/c1-13-11-16(22)8-9-18(13)28-14(2)20(25)23-17-6-3-5-15(12-17)21(26)24-19-7-4-10-27-19/h3-12,14H,1-2H3,(H,23,25)(H,24,26)/t14-/m1/s1. The molecule has 0 bridgehead atoms. The Hall–Kier alpha value is -3.25. The molecule has 0 saturated heterocycles. The van der Waals surface area contributed by atoms with Crippen molar-refractivity contribution >= 4 is 35.0 Å². The minimum Gasteiger partial charge on any atom is -0.481 e.